The predicted molar refractivity (Wildman–Crippen MR) is 118 cm³/mol. The molecule has 0 bridgehead atoms. The predicted octanol–water partition coefficient (Wildman–Crippen LogP) is 3.37. The van der Waals surface area contributed by atoms with Crippen molar-refractivity contribution in [1.82, 2.24) is 9.21 Å². The molecule has 1 amide bonds. The Morgan fingerprint density at radius 1 is 1.10 bits per heavy atom. The molecule has 1 aliphatic heterocycles. The van der Waals surface area contributed by atoms with Gasteiger partial charge >= 0.3 is 0 Å². The summed E-state index contributed by atoms with van der Waals surface area (Å²) in [6.07, 6.45) is 2.65. The molecule has 3 rings (SSSR count). The minimum atomic E-state index is -3.50. The first-order valence-electron chi connectivity index (χ1n) is 10.0. The average Bonchev–Trinajstić information content (AvgIpc) is 2.78. The highest BCUT2D eigenvalue weighted by molar-refractivity contribution is 7.92. The maximum atomic E-state index is 12.9. The number of benzene rings is 2. The SMILES string of the molecule is COc1ccccc1CN(C)C(=O)C1CCN(S(=O)(=O)/C=C\c2ccccc2)CC1. The van der Waals surface area contributed by atoms with E-state index in [1.165, 1.54) is 9.71 Å². The molecular weight excluding hydrogens is 400 g/mol. The third-order valence-electron chi connectivity index (χ3n) is 5.37. The maximum Gasteiger partial charge on any atom is 0.236 e. The summed E-state index contributed by atoms with van der Waals surface area (Å²) in [6, 6.07) is 17.0. The van der Waals surface area contributed by atoms with Gasteiger partial charge in [-0.1, -0.05) is 48.5 Å². The van der Waals surface area contributed by atoms with Crippen molar-refractivity contribution in [3.8, 4) is 5.75 Å². The van der Waals surface area contributed by atoms with Gasteiger partial charge < -0.3 is 9.64 Å². The van der Waals surface area contributed by atoms with Gasteiger partial charge in [-0.15, -0.1) is 0 Å². The number of hydrogen-bond acceptors (Lipinski definition) is 4. The van der Waals surface area contributed by atoms with Crippen molar-refractivity contribution in [2.45, 2.75) is 19.4 Å². The highest BCUT2D eigenvalue weighted by Crippen LogP contribution is 2.24. The molecule has 0 aliphatic carbocycles. The van der Waals surface area contributed by atoms with Crippen LogP contribution in [-0.2, 0) is 21.4 Å². The van der Waals surface area contributed by atoms with Crippen LogP contribution in [0.4, 0.5) is 0 Å². The van der Waals surface area contributed by atoms with Crippen LogP contribution < -0.4 is 4.74 Å². The van der Waals surface area contributed by atoms with Gasteiger partial charge in [-0.2, -0.15) is 4.31 Å². The second-order valence-corrected chi connectivity index (χ2v) is 9.26. The van der Waals surface area contributed by atoms with Gasteiger partial charge in [-0.05, 0) is 30.5 Å². The van der Waals surface area contributed by atoms with Crippen LogP contribution in [0.5, 0.6) is 5.75 Å². The average molecular weight is 429 g/mol. The summed E-state index contributed by atoms with van der Waals surface area (Å²) >= 11 is 0. The summed E-state index contributed by atoms with van der Waals surface area (Å²) in [4.78, 5) is 14.6. The molecule has 0 saturated carbocycles. The molecule has 1 saturated heterocycles. The van der Waals surface area contributed by atoms with Gasteiger partial charge in [0.25, 0.3) is 0 Å². The second-order valence-electron chi connectivity index (χ2n) is 7.44. The number of methoxy groups -OCH3 is 1. The van der Waals surface area contributed by atoms with Crippen LogP contribution in [0.3, 0.4) is 0 Å². The molecule has 0 aromatic heterocycles. The zero-order chi connectivity index (χ0) is 21.6. The standard InChI is InChI=1S/C23H28N2O4S/c1-24(18-21-10-6-7-11-22(21)29-2)23(26)20-12-15-25(16-13-20)30(27,28)17-14-19-8-4-3-5-9-19/h3-11,14,17,20H,12-13,15-16,18H2,1-2H3/b17-14-. The zero-order valence-corrected chi connectivity index (χ0v) is 18.2. The number of carbonyl (C=O) groups is 1. The highest BCUT2D eigenvalue weighted by Gasteiger charge is 2.31. The van der Waals surface area contributed by atoms with E-state index >= 15 is 0 Å². The lowest BCUT2D eigenvalue weighted by Crippen LogP contribution is -2.42. The number of ether oxygens (including phenoxy) is 1. The summed E-state index contributed by atoms with van der Waals surface area (Å²) in [5, 5.41) is 1.25. The van der Waals surface area contributed by atoms with E-state index in [0.29, 0.717) is 32.5 Å². The Morgan fingerprint density at radius 2 is 1.73 bits per heavy atom. The summed E-state index contributed by atoms with van der Waals surface area (Å²) in [6.45, 7) is 1.15. The number of rotatable bonds is 7. The number of nitrogens with zero attached hydrogens (tertiary/aromatic N) is 2. The maximum absolute atomic E-state index is 12.9. The number of piperidine rings is 1. The molecular formula is C23H28N2O4S. The molecule has 0 atom stereocenters. The fourth-order valence-corrected chi connectivity index (χ4v) is 4.87. The van der Waals surface area contributed by atoms with Crippen LogP contribution in [0.25, 0.3) is 6.08 Å². The molecule has 1 heterocycles. The Balaban J connectivity index is 1.56. The van der Waals surface area contributed by atoms with E-state index in [2.05, 4.69) is 0 Å². The monoisotopic (exact) mass is 428 g/mol. The molecule has 30 heavy (non-hydrogen) atoms. The Hall–Kier alpha value is -2.64. The smallest absolute Gasteiger partial charge is 0.236 e. The number of carbonyl (C=O) groups excluding carboxylic acids is 1. The second kappa shape index (κ2) is 9.91. The molecule has 0 unspecified atom stereocenters. The van der Waals surface area contributed by atoms with Gasteiger partial charge in [-0.25, -0.2) is 8.42 Å². The number of amides is 1. The Bertz CT molecular complexity index is 981. The third kappa shape index (κ3) is 5.49. The molecule has 7 heteroatoms. The van der Waals surface area contributed by atoms with Crippen molar-refractivity contribution in [3.05, 3.63) is 71.1 Å². The van der Waals surface area contributed by atoms with Crippen molar-refractivity contribution in [2.24, 2.45) is 5.92 Å². The fraction of sp³-hybridized carbons (Fsp3) is 0.348. The first kappa shape index (κ1) is 22.1. The summed E-state index contributed by atoms with van der Waals surface area (Å²) in [5.41, 5.74) is 1.78. The van der Waals surface area contributed by atoms with Crippen LogP contribution in [-0.4, -0.2) is 50.8 Å². The van der Waals surface area contributed by atoms with E-state index in [9.17, 15) is 13.2 Å². The quantitative estimate of drug-likeness (QED) is 0.678. The van der Waals surface area contributed by atoms with Gasteiger partial charge in [0, 0.05) is 43.6 Å². The minimum Gasteiger partial charge on any atom is -0.496 e. The van der Waals surface area contributed by atoms with Crippen molar-refractivity contribution in [3.63, 3.8) is 0 Å². The van der Waals surface area contributed by atoms with Crippen LogP contribution in [0.15, 0.2) is 60.0 Å². The largest absolute Gasteiger partial charge is 0.496 e. The lowest BCUT2D eigenvalue weighted by molar-refractivity contribution is -0.135. The normalized spacial score (nSPS) is 15.9. The molecule has 1 aliphatic rings. The molecule has 2 aromatic rings. The van der Waals surface area contributed by atoms with Gasteiger partial charge in [0.2, 0.25) is 15.9 Å². The summed E-state index contributed by atoms with van der Waals surface area (Å²) in [7, 11) is -0.105. The van der Waals surface area contributed by atoms with Crippen LogP contribution in [0.2, 0.25) is 0 Å². The van der Waals surface area contributed by atoms with Gasteiger partial charge in [0.15, 0.2) is 0 Å². The number of para-hydroxylation sites is 1. The molecule has 160 valence electrons. The van der Waals surface area contributed by atoms with Crippen molar-refractivity contribution in [2.75, 3.05) is 27.2 Å². The van der Waals surface area contributed by atoms with E-state index < -0.39 is 10.0 Å². The lowest BCUT2D eigenvalue weighted by atomic mass is 9.96. The first-order valence-corrected chi connectivity index (χ1v) is 11.5. The molecule has 0 spiro atoms. The van der Waals surface area contributed by atoms with Crippen LogP contribution in [0.1, 0.15) is 24.0 Å². The van der Waals surface area contributed by atoms with E-state index in [4.69, 9.17) is 4.74 Å². The van der Waals surface area contributed by atoms with Crippen LogP contribution >= 0.6 is 0 Å². The topological polar surface area (TPSA) is 66.9 Å². The van der Waals surface area contributed by atoms with Crippen molar-refractivity contribution < 1.29 is 17.9 Å². The minimum absolute atomic E-state index is 0.0396. The van der Waals surface area contributed by atoms with Crippen molar-refractivity contribution in [1.29, 1.82) is 0 Å². The number of hydrogen-bond donors (Lipinski definition) is 0. The van der Waals surface area contributed by atoms with E-state index in [1.807, 2.05) is 54.6 Å². The lowest BCUT2D eigenvalue weighted by Gasteiger charge is -2.32. The van der Waals surface area contributed by atoms with Crippen LogP contribution in [0, 0.1) is 5.92 Å². The Kier molecular flexibility index (Phi) is 7.29. The highest BCUT2D eigenvalue weighted by atomic mass is 32.2. The summed E-state index contributed by atoms with van der Waals surface area (Å²) in [5.74, 6) is 0.621. The summed E-state index contributed by atoms with van der Waals surface area (Å²) < 4.78 is 32.0. The molecule has 0 radical (unpaired) electrons. The van der Waals surface area contributed by atoms with E-state index in [0.717, 1.165) is 16.9 Å². The number of sulfonamides is 1. The Labute approximate surface area is 178 Å². The molecule has 2 aromatic carbocycles. The molecule has 1 fully saturated rings. The van der Waals surface area contributed by atoms with Gasteiger partial charge in [-0.3, -0.25) is 4.79 Å². The van der Waals surface area contributed by atoms with Gasteiger partial charge in [0.1, 0.15) is 5.75 Å². The van der Waals surface area contributed by atoms with E-state index in [1.54, 1.807) is 25.1 Å². The molecule has 0 N–H and O–H groups in total. The fourth-order valence-electron chi connectivity index (χ4n) is 3.65. The first-order chi connectivity index (χ1) is 14.4. The van der Waals surface area contributed by atoms with Crippen molar-refractivity contribution >= 4 is 22.0 Å². The molecule has 6 nitrogen and oxygen atoms in total. The Morgan fingerprint density at radius 3 is 2.40 bits per heavy atom. The zero-order valence-electron chi connectivity index (χ0n) is 17.4. The third-order valence-corrected chi connectivity index (χ3v) is 6.94. The van der Waals surface area contributed by atoms with E-state index in [-0.39, 0.29) is 11.8 Å². The van der Waals surface area contributed by atoms with Gasteiger partial charge in [0.05, 0.1) is 7.11 Å².